The van der Waals surface area contributed by atoms with Gasteiger partial charge in [-0.2, -0.15) is 0 Å². The minimum absolute atomic E-state index is 0.111. The van der Waals surface area contributed by atoms with Crippen molar-refractivity contribution in [3.63, 3.8) is 0 Å². The molecule has 9 heteroatoms. The Morgan fingerprint density at radius 3 is 1.56 bits per heavy atom. The SMILES string of the molecule is CCCCCCCCC/C=C\CCCCCCCCOCC(COC1OC(CO)C(O)C(O)C1O)OC(=O)CCCCCCCCCCCCCC. The van der Waals surface area contributed by atoms with Crippen molar-refractivity contribution in [3.8, 4) is 0 Å². The summed E-state index contributed by atoms with van der Waals surface area (Å²) >= 11 is 0. The highest BCUT2D eigenvalue weighted by molar-refractivity contribution is 5.69. The smallest absolute Gasteiger partial charge is 0.306 e. The number of aliphatic hydroxyl groups excluding tert-OH is 4. The lowest BCUT2D eigenvalue weighted by atomic mass is 9.99. The van der Waals surface area contributed by atoms with E-state index in [1.807, 2.05) is 0 Å². The van der Waals surface area contributed by atoms with E-state index in [4.69, 9.17) is 18.9 Å². The monoisotopic (exact) mass is 743 g/mol. The molecule has 1 saturated heterocycles. The van der Waals surface area contributed by atoms with Gasteiger partial charge in [-0.15, -0.1) is 0 Å². The van der Waals surface area contributed by atoms with Gasteiger partial charge in [0.15, 0.2) is 6.29 Å². The lowest BCUT2D eigenvalue weighted by Gasteiger charge is -2.39. The lowest BCUT2D eigenvalue weighted by Crippen LogP contribution is -2.59. The van der Waals surface area contributed by atoms with Crippen molar-refractivity contribution in [2.75, 3.05) is 26.4 Å². The second-order valence-electron chi connectivity index (χ2n) is 15.1. The number of ether oxygens (including phenoxy) is 4. The van der Waals surface area contributed by atoms with Gasteiger partial charge in [0.25, 0.3) is 0 Å². The highest BCUT2D eigenvalue weighted by Gasteiger charge is 2.44. The molecule has 0 saturated carbocycles. The average Bonchev–Trinajstić information content (AvgIpc) is 3.14. The molecule has 1 rings (SSSR count). The van der Waals surface area contributed by atoms with Crippen LogP contribution in [0.5, 0.6) is 0 Å². The molecular weight excluding hydrogens is 660 g/mol. The van der Waals surface area contributed by atoms with Crippen LogP contribution in [-0.2, 0) is 23.7 Å². The molecule has 0 aromatic heterocycles. The topological polar surface area (TPSA) is 135 Å². The summed E-state index contributed by atoms with van der Waals surface area (Å²) in [5.41, 5.74) is 0. The van der Waals surface area contributed by atoms with Crippen molar-refractivity contribution in [3.05, 3.63) is 12.2 Å². The zero-order valence-corrected chi connectivity index (χ0v) is 33.6. The molecule has 6 unspecified atom stereocenters. The largest absolute Gasteiger partial charge is 0.457 e. The van der Waals surface area contributed by atoms with E-state index in [1.165, 1.54) is 141 Å². The Balaban J connectivity index is 2.27. The standard InChI is InChI=1S/C43H82O9/c1-3-5-7-9-11-13-15-17-18-19-20-21-23-25-27-29-31-33-49-35-37(36-50-43-42(48)41(47)40(46)38(34-44)52-43)51-39(45)32-30-28-26-24-22-16-14-12-10-8-6-4-2/h18-19,37-38,40-44,46-48H,3-17,20-36H2,1-2H3/b19-18-. The third-order valence-electron chi connectivity index (χ3n) is 10.2. The van der Waals surface area contributed by atoms with Crippen LogP contribution in [0.15, 0.2) is 12.2 Å². The van der Waals surface area contributed by atoms with Crippen molar-refractivity contribution < 1.29 is 44.2 Å². The van der Waals surface area contributed by atoms with Gasteiger partial charge in [0.05, 0.1) is 19.8 Å². The number of hydrogen-bond donors (Lipinski definition) is 4. The summed E-state index contributed by atoms with van der Waals surface area (Å²) in [6.07, 6.45) is 30.9. The van der Waals surface area contributed by atoms with Gasteiger partial charge in [0, 0.05) is 13.0 Å². The number of esters is 1. The van der Waals surface area contributed by atoms with Crippen LogP contribution in [0.3, 0.4) is 0 Å². The molecule has 0 amide bonds. The maximum atomic E-state index is 12.7. The molecule has 308 valence electrons. The van der Waals surface area contributed by atoms with E-state index < -0.39 is 43.4 Å². The maximum absolute atomic E-state index is 12.7. The molecule has 1 heterocycles. The molecular formula is C43H82O9. The van der Waals surface area contributed by atoms with E-state index in [9.17, 15) is 25.2 Å². The summed E-state index contributed by atoms with van der Waals surface area (Å²) in [5, 5.41) is 40.0. The van der Waals surface area contributed by atoms with Gasteiger partial charge in [-0.25, -0.2) is 0 Å². The van der Waals surface area contributed by atoms with Gasteiger partial charge in [-0.3, -0.25) is 4.79 Å². The summed E-state index contributed by atoms with van der Waals surface area (Å²) < 4.78 is 22.8. The van der Waals surface area contributed by atoms with Crippen molar-refractivity contribution in [2.24, 2.45) is 0 Å². The van der Waals surface area contributed by atoms with E-state index in [2.05, 4.69) is 26.0 Å². The number of unbranched alkanes of at least 4 members (excludes halogenated alkanes) is 24. The van der Waals surface area contributed by atoms with Gasteiger partial charge in [-0.05, 0) is 38.5 Å². The molecule has 0 radical (unpaired) electrons. The number of carbonyl (C=O) groups is 1. The van der Waals surface area contributed by atoms with Crippen molar-refractivity contribution in [2.45, 2.75) is 230 Å². The molecule has 0 aromatic rings. The Bertz CT molecular complexity index is 807. The number of carbonyl (C=O) groups excluding carboxylic acids is 1. The summed E-state index contributed by atoms with van der Waals surface area (Å²) in [7, 11) is 0. The molecule has 4 N–H and O–H groups in total. The highest BCUT2D eigenvalue weighted by atomic mass is 16.7. The Morgan fingerprint density at radius 2 is 1.06 bits per heavy atom. The molecule has 1 aliphatic rings. The summed E-state index contributed by atoms with van der Waals surface area (Å²) in [6, 6.07) is 0. The van der Waals surface area contributed by atoms with Crippen molar-refractivity contribution in [1.29, 1.82) is 0 Å². The number of aliphatic hydroxyl groups is 4. The molecule has 0 spiro atoms. The summed E-state index contributed by atoms with van der Waals surface area (Å²) in [4.78, 5) is 12.7. The minimum atomic E-state index is -1.53. The summed E-state index contributed by atoms with van der Waals surface area (Å²) in [6.45, 7) is 4.56. The molecule has 1 fully saturated rings. The van der Waals surface area contributed by atoms with E-state index in [0.29, 0.717) is 13.0 Å². The van der Waals surface area contributed by atoms with Crippen LogP contribution >= 0.6 is 0 Å². The van der Waals surface area contributed by atoms with Gasteiger partial charge in [-0.1, -0.05) is 161 Å². The van der Waals surface area contributed by atoms with Crippen LogP contribution < -0.4 is 0 Å². The first-order valence-corrected chi connectivity index (χ1v) is 21.8. The van der Waals surface area contributed by atoms with E-state index in [1.54, 1.807) is 0 Å². The van der Waals surface area contributed by atoms with Crippen LogP contribution in [0.25, 0.3) is 0 Å². The molecule has 0 aromatic carbocycles. The highest BCUT2D eigenvalue weighted by Crippen LogP contribution is 2.22. The fourth-order valence-corrected chi connectivity index (χ4v) is 6.72. The third-order valence-corrected chi connectivity index (χ3v) is 10.2. The fraction of sp³-hybridized carbons (Fsp3) is 0.930. The number of rotatable bonds is 37. The zero-order chi connectivity index (χ0) is 37.9. The average molecular weight is 743 g/mol. The Hall–Kier alpha value is -1.07. The predicted octanol–water partition coefficient (Wildman–Crippen LogP) is 9.25. The summed E-state index contributed by atoms with van der Waals surface area (Å²) in [5.74, 6) is -0.314. The molecule has 0 bridgehead atoms. The van der Waals surface area contributed by atoms with Crippen LogP contribution in [0.1, 0.15) is 194 Å². The Kier molecular flexibility index (Phi) is 33.5. The zero-order valence-electron chi connectivity index (χ0n) is 33.6. The predicted molar refractivity (Wildman–Crippen MR) is 210 cm³/mol. The maximum Gasteiger partial charge on any atom is 0.306 e. The molecule has 6 atom stereocenters. The van der Waals surface area contributed by atoms with E-state index >= 15 is 0 Å². The van der Waals surface area contributed by atoms with Crippen LogP contribution in [-0.4, -0.2) is 89.6 Å². The van der Waals surface area contributed by atoms with Crippen LogP contribution in [0.2, 0.25) is 0 Å². The molecule has 9 nitrogen and oxygen atoms in total. The van der Waals surface area contributed by atoms with Gasteiger partial charge < -0.3 is 39.4 Å². The van der Waals surface area contributed by atoms with Crippen LogP contribution in [0, 0.1) is 0 Å². The molecule has 52 heavy (non-hydrogen) atoms. The first kappa shape index (κ1) is 48.9. The second kappa shape index (κ2) is 35.6. The fourth-order valence-electron chi connectivity index (χ4n) is 6.72. The number of hydrogen-bond acceptors (Lipinski definition) is 9. The Labute approximate surface area is 318 Å². The second-order valence-corrected chi connectivity index (χ2v) is 15.1. The minimum Gasteiger partial charge on any atom is -0.457 e. The molecule has 1 aliphatic heterocycles. The third kappa shape index (κ3) is 26.7. The first-order valence-electron chi connectivity index (χ1n) is 21.8. The van der Waals surface area contributed by atoms with E-state index in [-0.39, 0.29) is 19.2 Å². The normalized spacial score (nSPS) is 21.2. The Morgan fingerprint density at radius 1 is 0.596 bits per heavy atom. The quantitative estimate of drug-likeness (QED) is 0.0279. The first-order chi connectivity index (χ1) is 25.4. The van der Waals surface area contributed by atoms with Gasteiger partial charge in [0.2, 0.25) is 0 Å². The van der Waals surface area contributed by atoms with Crippen LogP contribution in [0.4, 0.5) is 0 Å². The van der Waals surface area contributed by atoms with E-state index in [0.717, 1.165) is 32.1 Å². The molecule has 0 aliphatic carbocycles. The van der Waals surface area contributed by atoms with Gasteiger partial charge >= 0.3 is 5.97 Å². The van der Waals surface area contributed by atoms with Crippen molar-refractivity contribution in [1.82, 2.24) is 0 Å². The van der Waals surface area contributed by atoms with Gasteiger partial charge in [0.1, 0.15) is 30.5 Å². The lowest BCUT2D eigenvalue weighted by molar-refractivity contribution is -0.305. The van der Waals surface area contributed by atoms with Crippen molar-refractivity contribution >= 4 is 5.97 Å². The number of allylic oxidation sites excluding steroid dienone is 2.